The number of carbonyl (C=O) groups is 1. The number of benzene rings is 1. The van der Waals surface area contributed by atoms with Gasteiger partial charge in [0, 0.05) is 31.3 Å². The normalized spacial score (nSPS) is 16.2. The Kier molecular flexibility index (Phi) is 5.21. The highest BCUT2D eigenvalue weighted by atomic mass is 32.1. The maximum atomic E-state index is 12.7. The van der Waals surface area contributed by atoms with E-state index in [4.69, 9.17) is 9.47 Å². The quantitative estimate of drug-likeness (QED) is 0.667. The van der Waals surface area contributed by atoms with E-state index in [9.17, 15) is 4.79 Å². The molecule has 1 saturated heterocycles. The molecule has 1 aliphatic heterocycles. The highest BCUT2D eigenvalue weighted by molar-refractivity contribution is 7.13. The predicted molar refractivity (Wildman–Crippen MR) is 110 cm³/mol. The number of H-pyrrole nitrogens is 1. The minimum absolute atomic E-state index is 0.0567. The lowest BCUT2D eigenvalue weighted by atomic mass is 10.1. The summed E-state index contributed by atoms with van der Waals surface area (Å²) in [6.45, 7) is 1.57. The summed E-state index contributed by atoms with van der Waals surface area (Å²) in [4.78, 5) is 16.1. The van der Waals surface area contributed by atoms with Gasteiger partial charge in [-0.05, 0) is 30.0 Å². The van der Waals surface area contributed by atoms with Crippen LogP contribution in [0, 0.1) is 0 Å². The highest BCUT2D eigenvalue weighted by Gasteiger charge is 2.27. The zero-order chi connectivity index (χ0) is 19.5. The van der Waals surface area contributed by atoms with Crippen LogP contribution in [0.4, 0.5) is 5.82 Å². The number of carbonyl (C=O) groups excluding carboxylic acids is 1. The van der Waals surface area contributed by atoms with Gasteiger partial charge in [-0.25, -0.2) is 0 Å². The van der Waals surface area contributed by atoms with E-state index in [1.54, 1.807) is 43.8 Å². The van der Waals surface area contributed by atoms with Crippen LogP contribution in [0.1, 0.15) is 16.8 Å². The van der Waals surface area contributed by atoms with Crippen molar-refractivity contribution in [2.45, 2.75) is 12.5 Å². The van der Waals surface area contributed by atoms with Crippen LogP contribution in [0.15, 0.2) is 41.8 Å². The first kappa shape index (κ1) is 18.4. The van der Waals surface area contributed by atoms with Gasteiger partial charge >= 0.3 is 0 Å². The first-order chi connectivity index (χ1) is 13.7. The molecule has 1 aliphatic rings. The summed E-state index contributed by atoms with van der Waals surface area (Å²) < 4.78 is 10.5. The molecule has 2 N–H and O–H groups in total. The number of amides is 1. The molecule has 0 spiro atoms. The van der Waals surface area contributed by atoms with Gasteiger partial charge < -0.3 is 19.7 Å². The Balaban J connectivity index is 1.40. The number of nitrogens with zero attached hydrogens (tertiary/aromatic N) is 2. The number of hydrogen-bond acceptors (Lipinski definition) is 6. The molecular weight excluding hydrogens is 376 g/mol. The van der Waals surface area contributed by atoms with Crippen molar-refractivity contribution < 1.29 is 14.3 Å². The van der Waals surface area contributed by atoms with Crippen molar-refractivity contribution in [2.24, 2.45) is 0 Å². The van der Waals surface area contributed by atoms with E-state index < -0.39 is 0 Å². The monoisotopic (exact) mass is 398 g/mol. The predicted octanol–water partition coefficient (Wildman–Crippen LogP) is 3.16. The third-order valence-electron chi connectivity index (χ3n) is 4.85. The molecule has 146 valence electrons. The summed E-state index contributed by atoms with van der Waals surface area (Å²) in [5.74, 6) is 1.91. The van der Waals surface area contributed by atoms with E-state index >= 15 is 0 Å². The lowest BCUT2D eigenvalue weighted by Crippen LogP contribution is -2.37. The van der Waals surface area contributed by atoms with Gasteiger partial charge in [-0.3, -0.25) is 9.89 Å². The number of thiophene rings is 1. The number of ether oxygens (including phenoxy) is 2. The molecule has 4 rings (SSSR count). The van der Waals surface area contributed by atoms with Gasteiger partial charge in [-0.15, -0.1) is 11.3 Å². The third kappa shape index (κ3) is 3.68. The van der Waals surface area contributed by atoms with Crippen molar-refractivity contribution in [3.8, 4) is 22.1 Å². The second-order valence-corrected chi connectivity index (χ2v) is 7.54. The van der Waals surface area contributed by atoms with Crippen LogP contribution in [0.3, 0.4) is 0 Å². The van der Waals surface area contributed by atoms with Crippen molar-refractivity contribution >= 4 is 23.1 Å². The topological polar surface area (TPSA) is 79.5 Å². The Morgan fingerprint density at radius 3 is 2.93 bits per heavy atom. The number of aromatic nitrogens is 2. The number of methoxy groups -OCH3 is 2. The van der Waals surface area contributed by atoms with Gasteiger partial charge in [0.15, 0.2) is 5.82 Å². The Morgan fingerprint density at radius 2 is 2.18 bits per heavy atom. The van der Waals surface area contributed by atoms with E-state index in [2.05, 4.69) is 32.5 Å². The SMILES string of the molecule is COc1ccc(C(=O)N[C@H]2CCN(c3cc(-c4cccs4)[nH]n3)C2)c(OC)c1. The Labute approximate surface area is 167 Å². The van der Waals surface area contributed by atoms with Crippen molar-refractivity contribution in [1.29, 1.82) is 0 Å². The molecule has 2 aromatic heterocycles. The lowest BCUT2D eigenvalue weighted by Gasteiger charge is -2.17. The average Bonchev–Trinajstić information content (AvgIpc) is 3.47. The molecule has 28 heavy (non-hydrogen) atoms. The minimum Gasteiger partial charge on any atom is -0.497 e. The molecule has 1 atom stereocenters. The smallest absolute Gasteiger partial charge is 0.255 e. The van der Waals surface area contributed by atoms with E-state index in [-0.39, 0.29) is 11.9 Å². The summed E-state index contributed by atoms with van der Waals surface area (Å²) >= 11 is 1.68. The molecule has 3 aromatic rings. The molecule has 1 fully saturated rings. The molecule has 0 saturated carbocycles. The largest absolute Gasteiger partial charge is 0.497 e. The summed E-state index contributed by atoms with van der Waals surface area (Å²) in [5.41, 5.74) is 1.52. The van der Waals surface area contributed by atoms with Crippen LogP contribution in [0.5, 0.6) is 11.5 Å². The molecule has 1 aromatic carbocycles. The molecule has 7 nitrogen and oxygen atoms in total. The highest BCUT2D eigenvalue weighted by Crippen LogP contribution is 2.28. The van der Waals surface area contributed by atoms with Gasteiger partial charge in [-0.2, -0.15) is 5.10 Å². The second kappa shape index (κ2) is 7.93. The summed E-state index contributed by atoms with van der Waals surface area (Å²) in [5, 5.41) is 12.7. The van der Waals surface area contributed by atoms with Gasteiger partial charge in [0.2, 0.25) is 0 Å². The molecule has 8 heteroatoms. The van der Waals surface area contributed by atoms with Crippen LogP contribution < -0.4 is 19.7 Å². The zero-order valence-electron chi connectivity index (χ0n) is 15.8. The molecule has 0 radical (unpaired) electrons. The van der Waals surface area contributed by atoms with Crippen molar-refractivity contribution in [2.75, 3.05) is 32.2 Å². The first-order valence-corrected chi connectivity index (χ1v) is 9.93. The lowest BCUT2D eigenvalue weighted by molar-refractivity contribution is 0.0937. The van der Waals surface area contributed by atoms with Crippen LogP contribution in [-0.4, -0.2) is 49.5 Å². The second-order valence-electron chi connectivity index (χ2n) is 6.59. The molecule has 0 unspecified atom stereocenters. The standard InChI is InChI=1S/C20H22N4O3S/c1-26-14-5-6-15(17(10-14)27-2)20(25)21-13-7-8-24(12-13)19-11-16(22-23-19)18-4-3-9-28-18/h3-6,9-11,13H,7-8,12H2,1-2H3,(H,21,25)(H,22,23)/t13-/m0/s1. The summed E-state index contributed by atoms with van der Waals surface area (Å²) in [6, 6.07) is 11.4. The Morgan fingerprint density at radius 1 is 1.29 bits per heavy atom. The summed E-state index contributed by atoms with van der Waals surface area (Å²) in [6.07, 6.45) is 0.866. The van der Waals surface area contributed by atoms with Crippen LogP contribution >= 0.6 is 11.3 Å². The molecule has 3 heterocycles. The number of nitrogens with one attached hydrogen (secondary N) is 2. The fraction of sp³-hybridized carbons (Fsp3) is 0.300. The average molecular weight is 398 g/mol. The van der Waals surface area contributed by atoms with Crippen LogP contribution in [0.2, 0.25) is 0 Å². The maximum Gasteiger partial charge on any atom is 0.255 e. The third-order valence-corrected chi connectivity index (χ3v) is 5.75. The number of aromatic amines is 1. The molecule has 0 bridgehead atoms. The Hall–Kier alpha value is -3.00. The van der Waals surface area contributed by atoms with Crippen molar-refractivity contribution in [3.05, 3.63) is 47.3 Å². The van der Waals surface area contributed by atoms with Gasteiger partial charge in [-0.1, -0.05) is 6.07 Å². The Bertz CT molecular complexity index is 954. The van der Waals surface area contributed by atoms with Crippen molar-refractivity contribution in [3.63, 3.8) is 0 Å². The fourth-order valence-electron chi connectivity index (χ4n) is 3.37. The van der Waals surface area contributed by atoms with Crippen LogP contribution in [0.25, 0.3) is 10.6 Å². The van der Waals surface area contributed by atoms with Gasteiger partial charge in [0.25, 0.3) is 5.91 Å². The van der Waals surface area contributed by atoms with E-state index in [1.807, 2.05) is 11.4 Å². The number of hydrogen-bond donors (Lipinski definition) is 2. The maximum absolute atomic E-state index is 12.7. The van der Waals surface area contributed by atoms with E-state index in [0.29, 0.717) is 17.1 Å². The molecule has 0 aliphatic carbocycles. The fourth-order valence-corrected chi connectivity index (χ4v) is 4.06. The van der Waals surface area contributed by atoms with Crippen LogP contribution in [-0.2, 0) is 0 Å². The molecule has 1 amide bonds. The first-order valence-electron chi connectivity index (χ1n) is 9.05. The number of anilines is 1. The van der Waals surface area contributed by atoms with Crippen molar-refractivity contribution in [1.82, 2.24) is 15.5 Å². The minimum atomic E-state index is -0.146. The van der Waals surface area contributed by atoms with E-state index in [1.165, 1.54) is 0 Å². The van der Waals surface area contributed by atoms with E-state index in [0.717, 1.165) is 35.9 Å². The van der Waals surface area contributed by atoms with Gasteiger partial charge in [0.05, 0.1) is 30.4 Å². The zero-order valence-corrected chi connectivity index (χ0v) is 16.6. The van der Waals surface area contributed by atoms with Gasteiger partial charge in [0.1, 0.15) is 11.5 Å². The molecular formula is C20H22N4O3S. The summed E-state index contributed by atoms with van der Waals surface area (Å²) in [7, 11) is 3.13. The number of rotatable bonds is 6.